The Morgan fingerprint density at radius 3 is 1.07 bits per heavy atom. The third-order valence-corrected chi connectivity index (χ3v) is 39.6. The molecule has 5 saturated carbocycles. The second kappa shape index (κ2) is 36.9. The van der Waals surface area contributed by atoms with E-state index >= 15 is 0 Å². The van der Waals surface area contributed by atoms with Crippen molar-refractivity contribution in [2.75, 3.05) is 84.3 Å². The van der Waals surface area contributed by atoms with Gasteiger partial charge in [0.2, 0.25) is 48.5 Å². The fraction of sp³-hybridized carbons (Fsp3) is 0.619. The van der Waals surface area contributed by atoms with Gasteiger partial charge < -0.3 is 51.3 Å². The van der Waals surface area contributed by atoms with E-state index < -0.39 is 11.9 Å². The number of nitrogens with two attached hydrogens (primary N) is 2. The van der Waals surface area contributed by atoms with Crippen molar-refractivity contribution in [3.63, 3.8) is 0 Å². The maximum Gasteiger partial charge on any atom is 0.307 e. The van der Waals surface area contributed by atoms with Crippen LogP contribution >= 0.6 is 11.8 Å². The van der Waals surface area contributed by atoms with Gasteiger partial charge in [-0.15, -0.1) is 11.8 Å². The molecular formula is C113H147N11O12S. The Morgan fingerprint density at radius 2 is 0.701 bits per heavy atom. The second-order valence-electron chi connectivity index (χ2n) is 45.7. The molecule has 6 amide bonds. The quantitative estimate of drug-likeness (QED) is 0.0852. The lowest BCUT2D eigenvalue weighted by atomic mass is 9.74. The summed E-state index contributed by atoms with van der Waals surface area (Å²) in [5.41, 5.74) is 36.4. The Labute approximate surface area is 814 Å². The SMILES string of the molecule is Cc1cc2c(cc1C)C13C[C@H](C)[C@@H](CN)[C@@H]1CC(=O)N3CCC2.Cc1cc2c(cc1C)C13C[C@H](C)[C@@H](C[N+](=O)[O-])[C@@H]1CC(=O)N3CCC2.Cc1ccc2c(c1)CCCN1C(=O)C[C@H]3[C@H](C(=O)O)[C@@H](C)CC231.Cc1ccc2c(c1)CCCN1C(=O)C[C@H]3[C@H](CN)[C@@H](C)CC231.Cc1ccc2c(c1)CCCN1C(=O)C[C@H]3[C@H](C[N+](=O)[O-])[C@@H](C)CC231.Cc1ccc2c(c1)SCCN1C(=O)C[C@H]3CNCC[C@]231. The van der Waals surface area contributed by atoms with Gasteiger partial charge in [0.1, 0.15) is 0 Å². The number of aliphatic carboxylic acids is 1. The first-order valence-corrected chi connectivity index (χ1v) is 53.1. The van der Waals surface area contributed by atoms with Crippen molar-refractivity contribution in [3.05, 3.63) is 223 Å². The number of amides is 6. The van der Waals surface area contributed by atoms with E-state index in [1.54, 1.807) is 0 Å². The zero-order chi connectivity index (χ0) is 96.9. The van der Waals surface area contributed by atoms with Crippen LogP contribution < -0.4 is 16.8 Å². The van der Waals surface area contributed by atoms with Crippen LogP contribution in [0.1, 0.15) is 249 Å². The van der Waals surface area contributed by atoms with Crippen molar-refractivity contribution in [1.82, 2.24) is 34.7 Å². The minimum absolute atomic E-state index is 0.0128. The molecule has 24 heteroatoms. The average molecular weight is 1880 g/mol. The van der Waals surface area contributed by atoms with Gasteiger partial charge in [-0.05, 0) is 326 Å². The predicted molar refractivity (Wildman–Crippen MR) is 531 cm³/mol. The Balaban J connectivity index is 0.000000105. The Kier molecular flexibility index (Phi) is 26.0. The van der Waals surface area contributed by atoms with Crippen LogP contribution in [0.3, 0.4) is 0 Å². The summed E-state index contributed by atoms with van der Waals surface area (Å²) in [5, 5.41) is 35.7. The van der Waals surface area contributed by atoms with Gasteiger partial charge in [-0.2, -0.15) is 0 Å². The van der Waals surface area contributed by atoms with Gasteiger partial charge in [-0.25, -0.2) is 0 Å². The van der Waals surface area contributed by atoms with Crippen molar-refractivity contribution in [1.29, 1.82) is 0 Å². The summed E-state index contributed by atoms with van der Waals surface area (Å²) in [6.07, 6.45) is 19.4. The molecular weight excluding hydrogens is 1740 g/mol. The zero-order valence-corrected chi connectivity index (χ0v) is 84.1. The third kappa shape index (κ3) is 15.6. The minimum atomic E-state index is -0.744. The highest BCUT2D eigenvalue weighted by atomic mass is 32.2. The van der Waals surface area contributed by atoms with Crippen LogP contribution in [0.2, 0.25) is 0 Å². The first-order chi connectivity index (χ1) is 65.5. The van der Waals surface area contributed by atoms with Crippen LogP contribution in [0.4, 0.5) is 0 Å². The number of thioether (sulfide) groups is 1. The summed E-state index contributed by atoms with van der Waals surface area (Å²) >= 11 is 1.92. The molecule has 0 radical (unpaired) electrons. The van der Waals surface area contributed by atoms with E-state index in [2.05, 4.69) is 210 Å². The van der Waals surface area contributed by atoms with Gasteiger partial charge in [-0.3, -0.25) is 53.8 Å². The summed E-state index contributed by atoms with van der Waals surface area (Å²) in [7, 11) is 0. The van der Waals surface area contributed by atoms with E-state index in [0.717, 1.165) is 161 Å². The minimum Gasteiger partial charge on any atom is -0.481 e. The molecule has 6 N–H and O–H groups in total. The zero-order valence-electron chi connectivity index (χ0n) is 83.3. The molecule has 22 atom stereocenters. The van der Waals surface area contributed by atoms with E-state index in [9.17, 15) is 58.9 Å². The highest BCUT2D eigenvalue weighted by Gasteiger charge is 2.70. The summed E-state index contributed by atoms with van der Waals surface area (Å²) in [4.78, 5) is 124. The fourth-order valence-electron chi connectivity index (χ4n) is 32.8. The molecule has 13 heterocycles. The molecule has 732 valence electrons. The molecule has 24 rings (SSSR count). The first kappa shape index (κ1) is 96.5. The molecule has 18 aliphatic rings. The topological polar surface area (TPSA) is 310 Å². The summed E-state index contributed by atoms with van der Waals surface area (Å²) < 4.78 is 0. The molecule has 0 bridgehead atoms. The van der Waals surface area contributed by atoms with Gasteiger partial charge in [0.05, 0.1) is 39.2 Å². The third-order valence-electron chi connectivity index (χ3n) is 38.5. The molecule has 13 aliphatic heterocycles. The molecule has 7 saturated heterocycles. The Bertz CT molecular complexity index is 5840. The van der Waals surface area contributed by atoms with Crippen LogP contribution in [0.25, 0.3) is 0 Å². The molecule has 12 fully saturated rings. The van der Waals surface area contributed by atoms with E-state index in [1.165, 1.54) is 111 Å². The molecule has 5 aliphatic carbocycles. The number of piperidine rings is 1. The molecule has 6 spiro atoms. The number of carboxylic acid groups (broad SMARTS) is 1. The Morgan fingerprint density at radius 1 is 0.394 bits per heavy atom. The van der Waals surface area contributed by atoms with E-state index in [0.29, 0.717) is 111 Å². The van der Waals surface area contributed by atoms with Gasteiger partial charge in [0, 0.05) is 140 Å². The number of hydrogen-bond acceptors (Lipinski definition) is 15. The van der Waals surface area contributed by atoms with Crippen molar-refractivity contribution >= 4 is 53.2 Å². The van der Waals surface area contributed by atoms with Crippen LogP contribution in [-0.2, 0) is 98.9 Å². The van der Waals surface area contributed by atoms with Crippen LogP contribution in [-0.4, -0.2) is 170 Å². The summed E-state index contributed by atoms with van der Waals surface area (Å²) in [5.74, 6) is 5.44. The normalized spacial score (nSPS) is 34.8. The van der Waals surface area contributed by atoms with Gasteiger partial charge >= 0.3 is 5.97 Å². The number of carboxylic acids is 1. The number of carbonyl (C=O) groups excluding carboxylic acids is 6. The number of nitro groups is 2. The molecule has 137 heavy (non-hydrogen) atoms. The van der Waals surface area contributed by atoms with Crippen LogP contribution in [0.15, 0.2) is 102 Å². The highest BCUT2D eigenvalue weighted by Crippen LogP contribution is 2.67. The van der Waals surface area contributed by atoms with E-state index in [-0.39, 0.29) is 121 Å². The average Bonchev–Trinajstić information content (AvgIpc) is 1.34. The van der Waals surface area contributed by atoms with Crippen molar-refractivity contribution in [2.24, 2.45) is 106 Å². The number of carbonyl (C=O) groups is 7. The lowest BCUT2D eigenvalue weighted by Crippen LogP contribution is -2.53. The van der Waals surface area contributed by atoms with E-state index in [4.69, 9.17) is 11.5 Å². The molecule has 5 unspecified atom stereocenters. The van der Waals surface area contributed by atoms with Crippen molar-refractivity contribution in [2.45, 2.75) is 269 Å². The number of rotatable bonds is 7. The van der Waals surface area contributed by atoms with Crippen molar-refractivity contribution in [3.8, 4) is 0 Å². The summed E-state index contributed by atoms with van der Waals surface area (Å²) in [6, 6.07) is 36.1. The van der Waals surface area contributed by atoms with Crippen molar-refractivity contribution < 1.29 is 48.5 Å². The molecule has 6 aromatic rings. The number of nitrogens with one attached hydrogen (secondary N) is 1. The molecule has 23 nitrogen and oxygen atoms in total. The van der Waals surface area contributed by atoms with Crippen LogP contribution in [0.5, 0.6) is 0 Å². The maximum absolute atomic E-state index is 12.8. The fourth-order valence-corrected chi connectivity index (χ4v) is 34.0. The van der Waals surface area contributed by atoms with Crippen LogP contribution in [0, 0.1) is 170 Å². The lowest BCUT2D eigenvalue weighted by Gasteiger charge is -2.45. The Hall–Kier alpha value is -9.36. The predicted octanol–water partition coefficient (Wildman–Crippen LogP) is 16.5. The molecule has 6 aromatic carbocycles. The van der Waals surface area contributed by atoms with Gasteiger partial charge in [-0.1, -0.05) is 142 Å². The monoisotopic (exact) mass is 1880 g/mol. The number of aryl methyl sites for hydroxylation is 13. The lowest BCUT2D eigenvalue weighted by molar-refractivity contribution is -0.491. The standard InChI is InChI=1S/C20H26N2O3.C20H28N2O.C19H24N2O3.C19H26N2O.C19H23NO3.C16H20N2OS/c1-12-7-15-5-4-6-21-19(23)9-18-16(11-22(24)25)14(3)10-20(18,21)17(15)8-13(12)2;1-12-7-15-5-4-6-22-19(23)9-18-16(11-21)14(3)10-20(18,22)17(15)8-13(12)2;1-12-5-6-16-14(8-12)4-3-7-20-18(22)9-17-15(11-21(23)24)13(2)10-19(16,17)20;1-12-5-6-16-14(8-12)4-3-7-21-18(22)9-17-15(11-20)13(2)10-19(16,17)21;1-11-5-6-14-13(8-11)4-3-7-20-16(21)9-15-17(18(22)23)12(2)10-19(14,15)20;1-11-2-3-13-14(8-11)20-7-6-18-15(19)9-12-10-17-5-4-16(12,13)18/h7-8,14,16,18H,4-6,9-11H2,1-3H3;7-8,14,16,18H,4-6,9-11,21H2,1-3H3;5-6,8,13,15,17H,3-4,7,9-11H2,1-2H3;5-6,8,13,15,17H,3-4,7,9-11,20H2,1-2H3;5-6,8,12,15,17H,3-4,7,9-10H2,1-2H3,(H,22,23);2-3,8,12,17H,4-7,9-10H2,1H3/t2*14-,16+,18-,20?;2*13-,15+,17-,19?;12-,15-,17+,19?;12-,16+/m000000/s1. The number of benzene rings is 6. The number of hydrogen-bond donors (Lipinski definition) is 4. The van der Waals surface area contributed by atoms with Gasteiger partial charge in [0.25, 0.3) is 0 Å². The van der Waals surface area contributed by atoms with E-state index in [1.807, 2.05) is 23.6 Å². The number of fused-ring (bicyclic) bond motifs is 6. The summed E-state index contributed by atoms with van der Waals surface area (Å²) in [6.45, 7) is 36.5. The smallest absolute Gasteiger partial charge is 0.307 e. The largest absolute Gasteiger partial charge is 0.481 e. The second-order valence-corrected chi connectivity index (χ2v) is 46.8. The first-order valence-electron chi connectivity index (χ1n) is 52.2. The van der Waals surface area contributed by atoms with Gasteiger partial charge in [0.15, 0.2) is 0 Å². The highest BCUT2D eigenvalue weighted by molar-refractivity contribution is 7.99. The molecule has 0 aromatic heterocycles. The number of nitrogens with zero attached hydrogens (tertiary/aromatic N) is 8. The maximum atomic E-state index is 12.8.